The Morgan fingerprint density at radius 1 is 1.10 bits per heavy atom. The molecular formula is C15H26N4O. The van der Waals surface area contributed by atoms with Gasteiger partial charge < -0.3 is 15.0 Å². The highest BCUT2D eigenvalue weighted by Gasteiger charge is 2.18. The molecule has 1 aliphatic rings. The van der Waals surface area contributed by atoms with Crippen LogP contribution >= 0.6 is 0 Å². The highest BCUT2D eigenvalue weighted by atomic mass is 16.5. The summed E-state index contributed by atoms with van der Waals surface area (Å²) in [6, 6.07) is 0. The quantitative estimate of drug-likeness (QED) is 0.847. The Bertz CT molecular complexity index is 405. The maximum Gasteiger partial charge on any atom is 0.225 e. The summed E-state index contributed by atoms with van der Waals surface area (Å²) in [5.41, 5.74) is 3.74. The van der Waals surface area contributed by atoms with E-state index in [1.807, 2.05) is 7.05 Å². The van der Waals surface area contributed by atoms with Crippen molar-refractivity contribution in [2.24, 2.45) is 0 Å². The van der Waals surface area contributed by atoms with Gasteiger partial charge in [0.15, 0.2) is 0 Å². The molecule has 2 heterocycles. The van der Waals surface area contributed by atoms with Crippen LogP contribution in [0.25, 0.3) is 0 Å². The number of aryl methyl sites for hydroxylation is 2. The molecule has 0 spiro atoms. The Morgan fingerprint density at radius 2 is 1.70 bits per heavy atom. The first-order valence-electron chi connectivity index (χ1n) is 7.66. The third-order valence-corrected chi connectivity index (χ3v) is 3.76. The van der Waals surface area contributed by atoms with E-state index < -0.39 is 0 Å². The zero-order valence-corrected chi connectivity index (χ0v) is 12.9. The predicted octanol–water partition coefficient (Wildman–Crippen LogP) is 1.20. The van der Waals surface area contributed by atoms with E-state index in [-0.39, 0.29) is 0 Å². The van der Waals surface area contributed by atoms with Gasteiger partial charge in [0.05, 0.1) is 13.2 Å². The maximum atomic E-state index is 5.41. The highest BCUT2D eigenvalue weighted by molar-refractivity contribution is 5.38. The lowest BCUT2D eigenvalue weighted by molar-refractivity contribution is 0.122. The molecule has 2 rings (SSSR count). The van der Waals surface area contributed by atoms with Gasteiger partial charge in [-0.1, -0.05) is 13.8 Å². The van der Waals surface area contributed by atoms with Crippen LogP contribution in [0.4, 0.5) is 5.95 Å². The summed E-state index contributed by atoms with van der Waals surface area (Å²) in [7, 11) is 1.99. The Hall–Kier alpha value is -1.20. The van der Waals surface area contributed by atoms with Gasteiger partial charge in [0.1, 0.15) is 0 Å². The van der Waals surface area contributed by atoms with Crippen LogP contribution in [0, 0.1) is 0 Å². The number of ether oxygens (including phenoxy) is 1. The van der Waals surface area contributed by atoms with Crippen molar-refractivity contribution in [3.05, 3.63) is 17.0 Å². The number of hydrogen-bond donors (Lipinski definition) is 1. The van der Waals surface area contributed by atoms with Gasteiger partial charge in [-0.3, -0.25) is 0 Å². The molecule has 5 nitrogen and oxygen atoms in total. The van der Waals surface area contributed by atoms with Crippen molar-refractivity contribution >= 4 is 5.95 Å². The minimum atomic E-state index is 0.772. The van der Waals surface area contributed by atoms with Crippen molar-refractivity contribution < 1.29 is 4.74 Å². The predicted molar refractivity (Wildman–Crippen MR) is 81.5 cm³/mol. The molecule has 1 aliphatic heterocycles. The molecule has 1 N–H and O–H groups in total. The number of hydrogen-bond acceptors (Lipinski definition) is 5. The number of anilines is 1. The average molecular weight is 278 g/mol. The molecule has 0 radical (unpaired) electrons. The summed E-state index contributed by atoms with van der Waals surface area (Å²) in [4.78, 5) is 11.9. The second-order valence-electron chi connectivity index (χ2n) is 5.06. The molecular weight excluding hydrogens is 252 g/mol. The summed E-state index contributed by atoms with van der Waals surface area (Å²) < 4.78 is 5.41. The molecule has 1 aromatic heterocycles. The van der Waals surface area contributed by atoms with Crippen molar-refractivity contribution in [2.75, 3.05) is 44.8 Å². The molecule has 0 saturated carbocycles. The van der Waals surface area contributed by atoms with E-state index in [1.165, 1.54) is 17.0 Å². The van der Waals surface area contributed by atoms with Gasteiger partial charge in [-0.2, -0.15) is 0 Å². The van der Waals surface area contributed by atoms with Crippen molar-refractivity contribution in [3.8, 4) is 0 Å². The van der Waals surface area contributed by atoms with E-state index in [4.69, 9.17) is 14.7 Å². The Kier molecular flexibility index (Phi) is 5.73. The number of nitrogens with zero attached hydrogens (tertiary/aromatic N) is 3. The van der Waals surface area contributed by atoms with Gasteiger partial charge >= 0.3 is 0 Å². The molecule has 20 heavy (non-hydrogen) atoms. The first kappa shape index (κ1) is 15.2. The normalized spacial score (nSPS) is 15.7. The summed E-state index contributed by atoms with van der Waals surface area (Å²) >= 11 is 0. The number of likely N-dealkylation sites (N-methyl/N-ethyl adjacent to an activating group) is 1. The molecule has 0 amide bonds. The molecule has 0 aromatic carbocycles. The van der Waals surface area contributed by atoms with Crippen molar-refractivity contribution in [2.45, 2.75) is 33.1 Å². The first-order valence-corrected chi connectivity index (χ1v) is 7.66. The zero-order chi connectivity index (χ0) is 14.4. The first-order chi connectivity index (χ1) is 9.80. The van der Waals surface area contributed by atoms with Gasteiger partial charge in [0.2, 0.25) is 5.95 Å². The fourth-order valence-corrected chi connectivity index (χ4v) is 2.60. The molecule has 1 aromatic rings. The van der Waals surface area contributed by atoms with Crippen molar-refractivity contribution in [1.29, 1.82) is 0 Å². The van der Waals surface area contributed by atoms with Crippen LogP contribution in [0.2, 0.25) is 0 Å². The molecule has 0 aliphatic carbocycles. The van der Waals surface area contributed by atoms with Gasteiger partial charge in [0.25, 0.3) is 0 Å². The summed E-state index contributed by atoms with van der Waals surface area (Å²) in [6.45, 7) is 8.65. The van der Waals surface area contributed by atoms with Crippen LogP contribution in [0.5, 0.6) is 0 Å². The minimum Gasteiger partial charge on any atom is -0.378 e. The second kappa shape index (κ2) is 7.55. The Labute approximate surface area is 121 Å². The summed E-state index contributed by atoms with van der Waals surface area (Å²) in [5.74, 6) is 0.884. The highest BCUT2D eigenvalue weighted by Crippen LogP contribution is 2.19. The van der Waals surface area contributed by atoms with Crippen molar-refractivity contribution in [3.63, 3.8) is 0 Å². The van der Waals surface area contributed by atoms with Crippen molar-refractivity contribution in [1.82, 2.24) is 15.3 Å². The SMILES string of the molecule is CCc1nc(N2CCOCC2)nc(CC)c1CCNC. The molecule has 112 valence electrons. The summed E-state index contributed by atoms with van der Waals surface area (Å²) in [5, 5.41) is 3.21. The lowest BCUT2D eigenvalue weighted by Gasteiger charge is -2.28. The van der Waals surface area contributed by atoms with Crippen LogP contribution in [0.3, 0.4) is 0 Å². The topological polar surface area (TPSA) is 50.3 Å². The van der Waals surface area contributed by atoms with Crippen LogP contribution < -0.4 is 10.2 Å². The molecule has 0 atom stereocenters. The van der Waals surface area contributed by atoms with Crippen LogP contribution in [0.15, 0.2) is 0 Å². The number of aromatic nitrogens is 2. The minimum absolute atomic E-state index is 0.772. The van der Waals surface area contributed by atoms with Crippen LogP contribution in [-0.2, 0) is 24.0 Å². The standard InChI is InChI=1S/C15H26N4O/c1-4-13-12(6-7-16-3)14(5-2)18-15(17-13)19-8-10-20-11-9-19/h16H,4-11H2,1-3H3. The van der Waals surface area contributed by atoms with E-state index in [0.717, 1.165) is 58.1 Å². The molecule has 0 bridgehead atoms. The zero-order valence-electron chi connectivity index (χ0n) is 12.9. The van der Waals surface area contributed by atoms with E-state index in [2.05, 4.69) is 24.1 Å². The lowest BCUT2D eigenvalue weighted by Crippen LogP contribution is -2.37. The molecule has 1 saturated heterocycles. The van der Waals surface area contributed by atoms with E-state index >= 15 is 0 Å². The third-order valence-electron chi connectivity index (χ3n) is 3.76. The van der Waals surface area contributed by atoms with Gasteiger partial charge in [-0.15, -0.1) is 0 Å². The Morgan fingerprint density at radius 3 is 2.20 bits per heavy atom. The summed E-state index contributed by atoms with van der Waals surface area (Å²) in [6.07, 6.45) is 2.93. The largest absolute Gasteiger partial charge is 0.378 e. The maximum absolute atomic E-state index is 5.41. The fourth-order valence-electron chi connectivity index (χ4n) is 2.60. The third kappa shape index (κ3) is 3.46. The monoisotopic (exact) mass is 278 g/mol. The molecule has 5 heteroatoms. The van der Waals surface area contributed by atoms with Gasteiger partial charge in [-0.05, 0) is 38.4 Å². The smallest absolute Gasteiger partial charge is 0.225 e. The van der Waals surface area contributed by atoms with Gasteiger partial charge in [-0.25, -0.2) is 9.97 Å². The molecule has 0 unspecified atom stereocenters. The number of nitrogens with one attached hydrogen (secondary N) is 1. The average Bonchev–Trinajstić information content (AvgIpc) is 2.52. The Balaban J connectivity index is 2.30. The second-order valence-corrected chi connectivity index (χ2v) is 5.06. The van der Waals surface area contributed by atoms with Crippen LogP contribution in [-0.4, -0.2) is 49.9 Å². The van der Waals surface area contributed by atoms with E-state index in [9.17, 15) is 0 Å². The van der Waals surface area contributed by atoms with Gasteiger partial charge in [0, 0.05) is 24.5 Å². The number of morpholine rings is 1. The fraction of sp³-hybridized carbons (Fsp3) is 0.733. The van der Waals surface area contributed by atoms with E-state index in [1.54, 1.807) is 0 Å². The number of rotatable bonds is 6. The van der Waals surface area contributed by atoms with Crippen LogP contribution in [0.1, 0.15) is 30.8 Å². The van der Waals surface area contributed by atoms with E-state index in [0.29, 0.717) is 0 Å². The molecule has 1 fully saturated rings. The lowest BCUT2D eigenvalue weighted by atomic mass is 10.0.